The Morgan fingerprint density at radius 2 is 1.68 bits per heavy atom. The molecule has 3 aromatic carbocycles. The Balaban J connectivity index is 1.72. The van der Waals surface area contributed by atoms with E-state index >= 15 is 0 Å². The zero-order valence-electron chi connectivity index (χ0n) is 17.8. The van der Waals surface area contributed by atoms with Gasteiger partial charge in [-0.2, -0.15) is 0 Å². The number of carbonyl (C=O) groups excluding carboxylic acids is 1. The molecule has 154 valence electrons. The second-order valence-electron chi connectivity index (χ2n) is 8.24. The van der Waals surface area contributed by atoms with E-state index in [4.69, 9.17) is 4.98 Å². The van der Waals surface area contributed by atoms with E-state index in [2.05, 4.69) is 6.07 Å². The average molecular weight is 409 g/mol. The van der Waals surface area contributed by atoms with E-state index in [1.165, 1.54) is 0 Å². The molecule has 5 heteroatoms. The van der Waals surface area contributed by atoms with E-state index in [0.29, 0.717) is 23.1 Å². The fourth-order valence-corrected chi connectivity index (χ4v) is 4.47. The molecule has 1 aliphatic rings. The zero-order chi connectivity index (χ0) is 21.7. The van der Waals surface area contributed by atoms with E-state index in [1.54, 1.807) is 22.6 Å². The van der Waals surface area contributed by atoms with Gasteiger partial charge in [-0.1, -0.05) is 42.0 Å². The van der Waals surface area contributed by atoms with Gasteiger partial charge in [0.1, 0.15) is 5.82 Å². The zero-order valence-corrected chi connectivity index (χ0v) is 17.8. The van der Waals surface area contributed by atoms with Crippen molar-refractivity contribution < 1.29 is 4.79 Å². The normalized spacial score (nSPS) is 15.5. The number of aromatic nitrogens is 2. The number of anilines is 1. The summed E-state index contributed by atoms with van der Waals surface area (Å²) in [5.74, 6) is 0.248. The molecule has 1 aromatic heterocycles. The molecule has 2 heterocycles. The molecule has 0 N–H and O–H groups in total. The molecule has 0 saturated heterocycles. The van der Waals surface area contributed by atoms with Crippen molar-refractivity contribution >= 4 is 22.5 Å². The van der Waals surface area contributed by atoms with Crippen LogP contribution in [-0.2, 0) is 11.2 Å². The SMILES string of the molecule is Cc1cccc(-n2c(C[C@H]3C(=O)N(C)c4ccc(C)cc43)nc3ccccc3c2=O)c1. The van der Waals surface area contributed by atoms with Gasteiger partial charge < -0.3 is 4.90 Å². The molecule has 1 amide bonds. The molecule has 0 radical (unpaired) electrons. The Bertz CT molecular complexity index is 1400. The summed E-state index contributed by atoms with van der Waals surface area (Å²) in [5, 5.41) is 0.568. The van der Waals surface area contributed by atoms with Crippen LogP contribution in [0.2, 0.25) is 0 Å². The molecule has 5 rings (SSSR count). The smallest absolute Gasteiger partial charge is 0.265 e. The minimum atomic E-state index is -0.371. The summed E-state index contributed by atoms with van der Waals surface area (Å²) in [4.78, 5) is 33.2. The quantitative estimate of drug-likeness (QED) is 0.507. The maximum atomic E-state index is 13.5. The number of rotatable bonds is 3. The van der Waals surface area contributed by atoms with Crippen LogP contribution < -0.4 is 10.5 Å². The van der Waals surface area contributed by atoms with E-state index in [1.807, 2.05) is 68.4 Å². The van der Waals surface area contributed by atoms with E-state index in [-0.39, 0.29) is 17.4 Å². The number of benzene rings is 3. The second kappa shape index (κ2) is 7.20. The lowest BCUT2D eigenvalue weighted by molar-refractivity contribution is -0.119. The van der Waals surface area contributed by atoms with Crippen LogP contribution in [0.25, 0.3) is 16.6 Å². The molecule has 5 nitrogen and oxygen atoms in total. The number of amides is 1. The number of likely N-dealkylation sites (N-methyl/N-ethyl adjacent to an activating group) is 1. The number of nitrogens with zero attached hydrogens (tertiary/aromatic N) is 3. The summed E-state index contributed by atoms with van der Waals surface area (Å²) in [6.07, 6.45) is 0.355. The van der Waals surface area contributed by atoms with Crippen LogP contribution in [-0.4, -0.2) is 22.5 Å². The Hall–Kier alpha value is -3.73. The molecule has 1 atom stereocenters. The lowest BCUT2D eigenvalue weighted by Gasteiger charge is -2.17. The fraction of sp³-hybridized carbons (Fsp3) is 0.192. The highest BCUT2D eigenvalue weighted by Gasteiger charge is 2.36. The number of fused-ring (bicyclic) bond motifs is 2. The summed E-state index contributed by atoms with van der Waals surface area (Å²) in [6.45, 7) is 4.02. The molecular weight excluding hydrogens is 386 g/mol. The monoisotopic (exact) mass is 409 g/mol. The number of carbonyl (C=O) groups is 1. The first-order valence-corrected chi connectivity index (χ1v) is 10.4. The lowest BCUT2D eigenvalue weighted by atomic mass is 9.95. The van der Waals surface area contributed by atoms with Crippen molar-refractivity contribution in [2.75, 3.05) is 11.9 Å². The molecular formula is C26H23N3O2. The van der Waals surface area contributed by atoms with Crippen LogP contribution in [0.1, 0.15) is 28.4 Å². The van der Waals surface area contributed by atoms with Gasteiger partial charge in [0.05, 0.1) is 22.5 Å². The van der Waals surface area contributed by atoms with E-state index < -0.39 is 0 Å². The number of para-hydroxylation sites is 1. The summed E-state index contributed by atoms with van der Waals surface area (Å²) in [7, 11) is 1.80. The highest BCUT2D eigenvalue weighted by atomic mass is 16.2. The number of hydrogen-bond donors (Lipinski definition) is 0. The predicted octanol–water partition coefficient (Wildman–Crippen LogP) is 4.31. The Morgan fingerprint density at radius 1 is 0.903 bits per heavy atom. The first-order valence-electron chi connectivity index (χ1n) is 10.4. The maximum absolute atomic E-state index is 13.5. The van der Waals surface area contributed by atoms with Crippen LogP contribution in [0.15, 0.2) is 71.5 Å². The van der Waals surface area contributed by atoms with Crippen molar-refractivity contribution in [1.29, 1.82) is 0 Å². The second-order valence-corrected chi connectivity index (χ2v) is 8.24. The Morgan fingerprint density at radius 3 is 2.48 bits per heavy atom. The Labute approximate surface area is 180 Å². The molecule has 0 saturated carbocycles. The topological polar surface area (TPSA) is 55.2 Å². The van der Waals surface area contributed by atoms with Crippen LogP contribution in [0.4, 0.5) is 5.69 Å². The third-order valence-corrected chi connectivity index (χ3v) is 6.04. The Kier molecular flexibility index (Phi) is 4.47. The van der Waals surface area contributed by atoms with Gasteiger partial charge >= 0.3 is 0 Å². The van der Waals surface area contributed by atoms with Crippen molar-refractivity contribution in [3.8, 4) is 5.69 Å². The molecule has 4 aromatic rings. The minimum Gasteiger partial charge on any atom is -0.315 e. The van der Waals surface area contributed by atoms with Crippen molar-refractivity contribution in [2.24, 2.45) is 0 Å². The maximum Gasteiger partial charge on any atom is 0.265 e. The molecule has 0 aliphatic carbocycles. The first kappa shape index (κ1) is 19.2. The van der Waals surface area contributed by atoms with Gasteiger partial charge in [0, 0.05) is 19.2 Å². The first-order chi connectivity index (χ1) is 14.9. The van der Waals surface area contributed by atoms with Crippen molar-refractivity contribution in [1.82, 2.24) is 9.55 Å². The predicted molar refractivity (Wildman–Crippen MR) is 123 cm³/mol. The molecule has 0 bridgehead atoms. The number of aryl methyl sites for hydroxylation is 2. The van der Waals surface area contributed by atoms with Crippen LogP contribution in [0.5, 0.6) is 0 Å². The van der Waals surface area contributed by atoms with Crippen molar-refractivity contribution in [3.63, 3.8) is 0 Å². The molecule has 1 aliphatic heterocycles. The number of hydrogen-bond acceptors (Lipinski definition) is 3. The summed E-state index contributed by atoms with van der Waals surface area (Å²) >= 11 is 0. The van der Waals surface area contributed by atoms with Gasteiger partial charge in [-0.3, -0.25) is 14.2 Å². The third kappa shape index (κ3) is 3.13. The highest BCUT2D eigenvalue weighted by molar-refractivity contribution is 6.04. The van der Waals surface area contributed by atoms with Gasteiger partial charge in [-0.05, 0) is 55.3 Å². The third-order valence-electron chi connectivity index (χ3n) is 6.04. The molecule has 0 spiro atoms. The van der Waals surface area contributed by atoms with Crippen molar-refractivity contribution in [3.05, 3.63) is 99.6 Å². The van der Waals surface area contributed by atoms with Crippen LogP contribution in [0.3, 0.4) is 0 Å². The molecule has 0 unspecified atom stereocenters. The lowest BCUT2D eigenvalue weighted by Crippen LogP contribution is -2.29. The average Bonchev–Trinajstić information content (AvgIpc) is 2.98. The van der Waals surface area contributed by atoms with Gasteiger partial charge in [-0.25, -0.2) is 4.98 Å². The van der Waals surface area contributed by atoms with Crippen LogP contribution >= 0.6 is 0 Å². The highest BCUT2D eigenvalue weighted by Crippen LogP contribution is 2.38. The van der Waals surface area contributed by atoms with E-state index in [0.717, 1.165) is 28.1 Å². The fourth-order valence-electron chi connectivity index (χ4n) is 4.47. The minimum absolute atomic E-state index is 0.0267. The van der Waals surface area contributed by atoms with E-state index in [9.17, 15) is 9.59 Å². The largest absolute Gasteiger partial charge is 0.315 e. The molecule has 0 fully saturated rings. The van der Waals surface area contributed by atoms with Gasteiger partial charge in [0.25, 0.3) is 5.56 Å². The summed E-state index contributed by atoms with van der Waals surface area (Å²) < 4.78 is 1.66. The van der Waals surface area contributed by atoms with Crippen molar-refractivity contribution in [2.45, 2.75) is 26.2 Å². The summed E-state index contributed by atoms with van der Waals surface area (Å²) in [5.41, 5.74) is 5.37. The van der Waals surface area contributed by atoms with Gasteiger partial charge in [0.15, 0.2) is 0 Å². The van der Waals surface area contributed by atoms with Gasteiger partial charge in [-0.15, -0.1) is 0 Å². The summed E-state index contributed by atoms with van der Waals surface area (Å²) in [6, 6.07) is 21.3. The standard InChI is InChI=1S/C26H23N3O2/c1-16-7-6-8-18(13-16)29-24(27-22-10-5-4-9-19(22)26(29)31)15-21-20-14-17(2)11-12-23(20)28(3)25(21)30/h4-14,21H,15H2,1-3H3/t21-/m1/s1. The molecule has 31 heavy (non-hydrogen) atoms. The van der Waals surface area contributed by atoms with Crippen LogP contribution in [0, 0.1) is 13.8 Å². The van der Waals surface area contributed by atoms with Gasteiger partial charge in [0.2, 0.25) is 5.91 Å².